The molecule has 1 aromatic carbocycles. The van der Waals surface area contributed by atoms with E-state index in [1.54, 1.807) is 19.1 Å². The van der Waals surface area contributed by atoms with Gasteiger partial charge in [-0.05, 0) is 26.0 Å². The van der Waals surface area contributed by atoms with Crippen molar-refractivity contribution in [2.45, 2.75) is 13.8 Å². The summed E-state index contributed by atoms with van der Waals surface area (Å²) in [5.41, 5.74) is 6.68. The lowest BCUT2D eigenvalue weighted by Crippen LogP contribution is -2.12. The standard InChI is InChI=1S/C12H17NO3/c1-3-15-12(14)10-5-4-6-11(9(10)2)16-8-7-13/h4-6H,3,7-8,13H2,1-2H3. The molecule has 0 amide bonds. The predicted molar refractivity (Wildman–Crippen MR) is 61.7 cm³/mol. The first kappa shape index (κ1) is 12.5. The summed E-state index contributed by atoms with van der Waals surface area (Å²) < 4.78 is 10.4. The van der Waals surface area contributed by atoms with Gasteiger partial charge in [-0.3, -0.25) is 0 Å². The van der Waals surface area contributed by atoms with E-state index < -0.39 is 0 Å². The first-order valence-electron chi connectivity index (χ1n) is 5.30. The molecule has 0 spiro atoms. The molecule has 1 aromatic rings. The van der Waals surface area contributed by atoms with Gasteiger partial charge in [0.2, 0.25) is 0 Å². The molecule has 0 aliphatic heterocycles. The molecule has 1 rings (SSSR count). The van der Waals surface area contributed by atoms with Gasteiger partial charge in [0, 0.05) is 12.1 Å². The fourth-order valence-corrected chi connectivity index (χ4v) is 1.37. The molecule has 0 unspecified atom stereocenters. The van der Waals surface area contributed by atoms with Crippen LogP contribution in [0.25, 0.3) is 0 Å². The largest absolute Gasteiger partial charge is 0.492 e. The van der Waals surface area contributed by atoms with Gasteiger partial charge >= 0.3 is 5.97 Å². The summed E-state index contributed by atoms with van der Waals surface area (Å²) in [7, 11) is 0. The average Bonchev–Trinajstić information content (AvgIpc) is 2.28. The third-order valence-electron chi connectivity index (χ3n) is 2.15. The lowest BCUT2D eigenvalue weighted by Gasteiger charge is -2.11. The van der Waals surface area contributed by atoms with Crippen LogP contribution in [0.3, 0.4) is 0 Å². The zero-order chi connectivity index (χ0) is 12.0. The number of hydrogen-bond acceptors (Lipinski definition) is 4. The van der Waals surface area contributed by atoms with Gasteiger partial charge < -0.3 is 15.2 Å². The lowest BCUT2D eigenvalue weighted by molar-refractivity contribution is 0.0525. The van der Waals surface area contributed by atoms with E-state index in [-0.39, 0.29) is 5.97 Å². The minimum Gasteiger partial charge on any atom is -0.492 e. The van der Waals surface area contributed by atoms with Crippen molar-refractivity contribution < 1.29 is 14.3 Å². The summed E-state index contributed by atoms with van der Waals surface area (Å²) in [5.74, 6) is 0.356. The van der Waals surface area contributed by atoms with Crippen molar-refractivity contribution in [1.29, 1.82) is 0 Å². The van der Waals surface area contributed by atoms with Crippen LogP contribution < -0.4 is 10.5 Å². The van der Waals surface area contributed by atoms with Gasteiger partial charge in [0.15, 0.2) is 0 Å². The summed E-state index contributed by atoms with van der Waals surface area (Å²) in [6.45, 7) is 4.86. The smallest absolute Gasteiger partial charge is 0.338 e. The zero-order valence-corrected chi connectivity index (χ0v) is 9.66. The third kappa shape index (κ3) is 2.97. The second-order valence-electron chi connectivity index (χ2n) is 3.29. The number of hydrogen-bond donors (Lipinski definition) is 1. The van der Waals surface area contributed by atoms with E-state index >= 15 is 0 Å². The van der Waals surface area contributed by atoms with Crippen molar-refractivity contribution >= 4 is 5.97 Å². The Kier molecular flexibility index (Phi) is 4.79. The van der Waals surface area contributed by atoms with Crippen molar-refractivity contribution in [3.63, 3.8) is 0 Å². The van der Waals surface area contributed by atoms with Crippen LogP contribution in [0, 0.1) is 6.92 Å². The highest BCUT2D eigenvalue weighted by Gasteiger charge is 2.12. The maximum absolute atomic E-state index is 11.6. The van der Waals surface area contributed by atoms with Crippen molar-refractivity contribution in [2.75, 3.05) is 19.8 Å². The number of rotatable bonds is 5. The Morgan fingerprint density at radius 1 is 1.44 bits per heavy atom. The summed E-state index contributed by atoms with van der Waals surface area (Å²) in [4.78, 5) is 11.6. The highest BCUT2D eigenvalue weighted by atomic mass is 16.5. The minimum atomic E-state index is -0.321. The van der Waals surface area contributed by atoms with Crippen LogP contribution in [0.1, 0.15) is 22.8 Å². The Bertz CT molecular complexity index is 363. The minimum absolute atomic E-state index is 0.321. The van der Waals surface area contributed by atoms with Gasteiger partial charge in [-0.25, -0.2) is 4.79 Å². The molecular weight excluding hydrogens is 206 g/mol. The van der Waals surface area contributed by atoms with Gasteiger partial charge in [0.25, 0.3) is 0 Å². The van der Waals surface area contributed by atoms with Crippen LogP contribution >= 0.6 is 0 Å². The van der Waals surface area contributed by atoms with E-state index in [0.29, 0.717) is 31.1 Å². The fourth-order valence-electron chi connectivity index (χ4n) is 1.37. The van der Waals surface area contributed by atoms with Crippen LogP contribution in [0.2, 0.25) is 0 Å². The molecule has 16 heavy (non-hydrogen) atoms. The number of esters is 1. The summed E-state index contributed by atoms with van der Waals surface area (Å²) >= 11 is 0. The molecule has 0 saturated carbocycles. The molecule has 4 nitrogen and oxygen atoms in total. The SMILES string of the molecule is CCOC(=O)c1cccc(OCCN)c1C. The maximum atomic E-state index is 11.6. The van der Waals surface area contributed by atoms with Crippen molar-refractivity contribution in [3.8, 4) is 5.75 Å². The van der Waals surface area contributed by atoms with Gasteiger partial charge in [-0.2, -0.15) is 0 Å². The van der Waals surface area contributed by atoms with Gasteiger partial charge in [-0.1, -0.05) is 6.07 Å². The van der Waals surface area contributed by atoms with E-state index in [1.807, 2.05) is 13.0 Å². The molecule has 0 atom stereocenters. The second kappa shape index (κ2) is 6.12. The van der Waals surface area contributed by atoms with E-state index in [1.165, 1.54) is 0 Å². The van der Waals surface area contributed by atoms with Gasteiger partial charge in [0.1, 0.15) is 12.4 Å². The number of carbonyl (C=O) groups excluding carboxylic acids is 1. The maximum Gasteiger partial charge on any atom is 0.338 e. The van der Waals surface area contributed by atoms with Crippen LogP contribution in [-0.4, -0.2) is 25.7 Å². The Balaban J connectivity index is 2.89. The van der Waals surface area contributed by atoms with Crippen LogP contribution in [0.4, 0.5) is 0 Å². The molecule has 0 bridgehead atoms. The number of carbonyl (C=O) groups is 1. The van der Waals surface area contributed by atoms with E-state index in [2.05, 4.69) is 0 Å². The summed E-state index contributed by atoms with van der Waals surface area (Å²) in [6, 6.07) is 5.31. The van der Waals surface area contributed by atoms with Gasteiger partial charge in [0.05, 0.1) is 12.2 Å². The summed E-state index contributed by atoms with van der Waals surface area (Å²) in [5, 5.41) is 0. The predicted octanol–water partition coefficient (Wildman–Crippen LogP) is 1.51. The van der Waals surface area contributed by atoms with E-state index in [9.17, 15) is 4.79 Å². The Labute approximate surface area is 95.3 Å². The molecule has 88 valence electrons. The Hall–Kier alpha value is -1.55. The number of ether oxygens (including phenoxy) is 2. The first-order valence-corrected chi connectivity index (χ1v) is 5.30. The number of benzene rings is 1. The number of nitrogens with two attached hydrogens (primary N) is 1. The Morgan fingerprint density at radius 3 is 2.81 bits per heavy atom. The topological polar surface area (TPSA) is 61.5 Å². The first-order chi connectivity index (χ1) is 7.70. The molecule has 0 heterocycles. The van der Waals surface area contributed by atoms with Crippen LogP contribution in [0.5, 0.6) is 5.75 Å². The van der Waals surface area contributed by atoms with E-state index in [0.717, 1.165) is 5.56 Å². The highest BCUT2D eigenvalue weighted by molar-refractivity contribution is 5.91. The van der Waals surface area contributed by atoms with Crippen LogP contribution in [-0.2, 0) is 4.74 Å². The molecule has 0 aliphatic rings. The molecular formula is C12H17NO3. The zero-order valence-electron chi connectivity index (χ0n) is 9.66. The monoisotopic (exact) mass is 223 g/mol. The quantitative estimate of drug-likeness (QED) is 0.768. The normalized spacial score (nSPS) is 9.94. The molecule has 0 radical (unpaired) electrons. The molecule has 0 aromatic heterocycles. The molecule has 0 saturated heterocycles. The lowest BCUT2D eigenvalue weighted by atomic mass is 10.1. The van der Waals surface area contributed by atoms with Gasteiger partial charge in [-0.15, -0.1) is 0 Å². The molecule has 0 fully saturated rings. The second-order valence-corrected chi connectivity index (χ2v) is 3.29. The molecule has 2 N–H and O–H groups in total. The molecule has 4 heteroatoms. The van der Waals surface area contributed by atoms with Crippen molar-refractivity contribution in [1.82, 2.24) is 0 Å². The summed E-state index contributed by atoms with van der Waals surface area (Å²) in [6.07, 6.45) is 0. The highest BCUT2D eigenvalue weighted by Crippen LogP contribution is 2.21. The van der Waals surface area contributed by atoms with Crippen LogP contribution in [0.15, 0.2) is 18.2 Å². The average molecular weight is 223 g/mol. The third-order valence-corrected chi connectivity index (χ3v) is 2.15. The van der Waals surface area contributed by atoms with E-state index in [4.69, 9.17) is 15.2 Å². The van der Waals surface area contributed by atoms with Crippen molar-refractivity contribution in [2.24, 2.45) is 5.73 Å². The Morgan fingerprint density at radius 2 is 2.19 bits per heavy atom. The fraction of sp³-hybridized carbons (Fsp3) is 0.417. The van der Waals surface area contributed by atoms with Crippen molar-refractivity contribution in [3.05, 3.63) is 29.3 Å². The molecule has 0 aliphatic carbocycles.